The van der Waals surface area contributed by atoms with E-state index in [0.717, 1.165) is 13.0 Å². The van der Waals surface area contributed by atoms with Crippen molar-refractivity contribution in [3.05, 3.63) is 12.3 Å². The molecule has 0 aliphatic heterocycles. The lowest BCUT2D eigenvalue weighted by molar-refractivity contribution is 0.232. The first-order valence-electron chi connectivity index (χ1n) is 4.96. The van der Waals surface area contributed by atoms with Crippen LogP contribution in [0.2, 0.25) is 0 Å². The zero-order valence-electron chi connectivity index (χ0n) is 8.95. The average Bonchev–Trinajstić information content (AvgIpc) is 2.14. The maximum Gasteiger partial charge on any atom is 0.225 e. The van der Waals surface area contributed by atoms with Crippen molar-refractivity contribution < 1.29 is 4.74 Å². The fraction of sp³-hybridized carbons (Fsp3) is 0.600. The zero-order chi connectivity index (χ0) is 10.4. The minimum atomic E-state index is 0.143. The van der Waals surface area contributed by atoms with Gasteiger partial charge in [0.15, 0.2) is 0 Å². The Labute approximate surface area is 84.7 Å². The van der Waals surface area contributed by atoms with E-state index in [1.165, 1.54) is 0 Å². The number of ether oxygens (including phenoxy) is 1. The number of anilines is 1. The van der Waals surface area contributed by atoms with Gasteiger partial charge in [0.1, 0.15) is 0 Å². The number of aromatic nitrogens is 2. The summed E-state index contributed by atoms with van der Waals surface area (Å²) in [6.07, 6.45) is 2.89. The molecule has 0 saturated carbocycles. The first kappa shape index (κ1) is 10.8. The summed E-state index contributed by atoms with van der Waals surface area (Å²) in [5, 5.41) is 3.11. The molecule has 14 heavy (non-hydrogen) atoms. The van der Waals surface area contributed by atoms with Crippen molar-refractivity contribution in [3.63, 3.8) is 0 Å². The van der Waals surface area contributed by atoms with Gasteiger partial charge in [-0.2, -0.15) is 4.98 Å². The molecule has 0 saturated heterocycles. The van der Waals surface area contributed by atoms with Crippen molar-refractivity contribution in [1.82, 2.24) is 9.97 Å². The summed E-state index contributed by atoms with van der Waals surface area (Å²) in [7, 11) is 0. The van der Waals surface area contributed by atoms with Crippen molar-refractivity contribution in [2.75, 3.05) is 11.9 Å². The zero-order valence-corrected chi connectivity index (χ0v) is 8.95. The Hall–Kier alpha value is -1.32. The highest BCUT2D eigenvalue weighted by atomic mass is 16.5. The minimum Gasteiger partial charge on any atom is -0.475 e. The molecule has 1 rings (SSSR count). The van der Waals surface area contributed by atoms with Gasteiger partial charge in [-0.3, -0.25) is 0 Å². The van der Waals surface area contributed by atoms with Gasteiger partial charge in [-0.1, -0.05) is 6.92 Å². The smallest absolute Gasteiger partial charge is 0.225 e. The third-order valence-corrected chi connectivity index (χ3v) is 1.52. The fourth-order valence-electron chi connectivity index (χ4n) is 0.971. The van der Waals surface area contributed by atoms with E-state index in [4.69, 9.17) is 4.74 Å². The first-order valence-corrected chi connectivity index (χ1v) is 4.96. The number of nitrogens with one attached hydrogen (secondary N) is 1. The standard InChI is InChI=1S/C10H17N3O/c1-4-6-11-10-12-7-5-9(13-10)14-8(2)3/h5,7-8H,4,6H2,1-3H3,(H,11,12,13). The Bertz CT molecular complexity index is 276. The lowest BCUT2D eigenvalue weighted by Gasteiger charge is -2.09. The van der Waals surface area contributed by atoms with Gasteiger partial charge in [-0.25, -0.2) is 4.98 Å². The molecule has 1 N–H and O–H groups in total. The van der Waals surface area contributed by atoms with Crippen molar-refractivity contribution in [3.8, 4) is 5.88 Å². The molecule has 0 aliphatic rings. The molecule has 0 atom stereocenters. The monoisotopic (exact) mass is 195 g/mol. The van der Waals surface area contributed by atoms with Crippen LogP contribution in [0, 0.1) is 0 Å². The summed E-state index contributed by atoms with van der Waals surface area (Å²) in [5.41, 5.74) is 0. The summed E-state index contributed by atoms with van der Waals surface area (Å²) in [6, 6.07) is 1.76. The molecule has 78 valence electrons. The Morgan fingerprint density at radius 3 is 2.93 bits per heavy atom. The van der Waals surface area contributed by atoms with Crippen molar-refractivity contribution in [2.45, 2.75) is 33.3 Å². The number of rotatable bonds is 5. The molecule has 0 spiro atoms. The van der Waals surface area contributed by atoms with Gasteiger partial charge < -0.3 is 10.1 Å². The molecule has 0 bridgehead atoms. The summed E-state index contributed by atoms with van der Waals surface area (Å²) < 4.78 is 5.44. The molecular formula is C10H17N3O. The SMILES string of the molecule is CCCNc1nccc(OC(C)C)n1. The van der Waals surface area contributed by atoms with Gasteiger partial charge in [0.25, 0.3) is 0 Å². The van der Waals surface area contributed by atoms with Gasteiger partial charge in [0.05, 0.1) is 6.10 Å². The van der Waals surface area contributed by atoms with E-state index in [0.29, 0.717) is 11.8 Å². The van der Waals surface area contributed by atoms with E-state index in [9.17, 15) is 0 Å². The lowest BCUT2D eigenvalue weighted by atomic mass is 10.5. The van der Waals surface area contributed by atoms with Gasteiger partial charge >= 0.3 is 0 Å². The van der Waals surface area contributed by atoms with Crippen LogP contribution in [0.15, 0.2) is 12.3 Å². The summed E-state index contributed by atoms with van der Waals surface area (Å²) >= 11 is 0. The third kappa shape index (κ3) is 3.60. The van der Waals surface area contributed by atoms with Gasteiger partial charge in [0, 0.05) is 18.8 Å². The predicted molar refractivity (Wildman–Crippen MR) is 56.6 cm³/mol. The predicted octanol–water partition coefficient (Wildman–Crippen LogP) is 2.09. The van der Waals surface area contributed by atoms with Gasteiger partial charge in [-0.05, 0) is 20.3 Å². The van der Waals surface area contributed by atoms with Crippen molar-refractivity contribution >= 4 is 5.95 Å². The maximum absolute atomic E-state index is 5.44. The van der Waals surface area contributed by atoms with E-state index >= 15 is 0 Å². The van der Waals surface area contributed by atoms with Crippen LogP contribution in [0.4, 0.5) is 5.95 Å². The molecule has 0 unspecified atom stereocenters. The molecule has 4 heteroatoms. The fourth-order valence-corrected chi connectivity index (χ4v) is 0.971. The maximum atomic E-state index is 5.44. The number of nitrogens with zero attached hydrogens (tertiary/aromatic N) is 2. The second-order valence-corrected chi connectivity index (χ2v) is 3.31. The Morgan fingerprint density at radius 2 is 2.29 bits per heavy atom. The summed E-state index contributed by atoms with van der Waals surface area (Å²) in [4.78, 5) is 8.29. The van der Waals surface area contributed by atoms with E-state index < -0.39 is 0 Å². The quantitative estimate of drug-likeness (QED) is 0.781. The molecule has 1 aromatic rings. The molecule has 1 heterocycles. The van der Waals surface area contributed by atoms with Crippen molar-refractivity contribution in [1.29, 1.82) is 0 Å². The normalized spacial score (nSPS) is 10.3. The highest BCUT2D eigenvalue weighted by molar-refractivity contribution is 5.27. The highest BCUT2D eigenvalue weighted by Crippen LogP contribution is 2.09. The van der Waals surface area contributed by atoms with Crippen LogP contribution in [0.5, 0.6) is 5.88 Å². The Morgan fingerprint density at radius 1 is 1.50 bits per heavy atom. The van der Waals surface area contributed by atoms with Crippen LogP contribution in [0.25, 0.3) is 0 Å². The van der Waals surface area contributed by atoms with E-state index in [1.807, 2.05) is 13.8 Å². The van der Waals surface area contributed by atoms with Crippen LogP contribution >= 0.6 is 0 Å². The van der Waals surface area contributed by atoms with Crippen LogP contribution in [0.1, 0.15) is 27.2 Å². The van der Waals surface area contributed by atoms with Crippen molar-refractivity contribution in [2.24, 2.45) is 0 Å². The lowest BCUT2D eigenvalue weighted by Crippen LogP contribution is -2.09. The molecule has 0 radical (unpaired) electrons. The topological polar surface area (TPSA) is 47.0 Å². The summed E-state index contributed by atoms with van der Waals surface area (Å²) in [6.45, 7) is 6.93. The minimum absolute atomic E-state index is 0.143. The second kappa shape index (κ2) is 5.42. The van der Waals surface area contributed by atoms with Crippen LogP contribution in [-0.2, 0) is 0 Å². The molecule has 0 aliphatic carbocycles. The largest absolute Gasteiger partial charge is 0.475 e. The molecule has 0 amide bonds. The molecule has 0 aromatic carbocycles. The Kier molecular flexibility index (Phi) is 4.16. The molecule has 4 nitrogen and oxygen atoms in total. The second-order valence-electron chi connectivity index (χ2n) is 3.31. The van der Waals surface area contributed by atoms with Crippen LogP contribution in [-0.4, -0.2) is 22.6 Å². The van der Waals surface area contributed by atoms with Gasteiger partial charge in [-0.15, -0.1) is 0 Å². The number of hydrogen-bond acceptors (Lipinski definition) is 4. The summed E-state index contributed by atoms with van der Waals surface area (Å²) in [5.74, 6) is 1.25. The van der Waals surface area contributed by atoms with Gasteiger partial charge in [0.2, 0.25) is 11.8 Å². The molecule has 0 fully saturated rings. The highest BCUT2D eigenvalue weighted by Gasteiger charge is 2.00. The Balaban J connectivity index is 2.59. The van der Waals surface area contributed by atoms with E-state index in [2.05, 4.69) is 22.2 Å². The third-order valence-electron chi connectivity index (χ3n) is 1.52. The first-order chi connectivity index (χ1) is 6.72. The molecule has 1 aromatic heterocycles. The number of hydrogen-bond donors (Lipinski definition) is 1. The molecular weight excluding hydrogens is 178 g/mol. The average molecular weight is 195 g/mol. The van der Waals surface area contributed by atoms with Crippen LogP contribution in [0.3, 0.4) is 0 Å². The van der Waals surface area contributed by atoms with E-state index in [-0.39, 0.29) is 6.10 Å². The van der Waals surface area contributed by atoms with Crippen LogP contribution < -0.4 is 10.1 Å². The van der Waals surface area contributed by atoms with E-state index in [1.54, 1.807) is 12.3 Å².